The number of hydrogen-bond acceptors (Lipinski definition) is 5. The van der Waals surface area contributed by atoms with E-state index in [1.165, 1.54) is 7.11 Å². The number of benzene rings is 2. The number of carbonyl (C=O) groups excluding carboxylic acids is 2. The molecule has 0 unspecified atom stereocenters. The fraction of sp³-hybridized carbons (Fsp3) is 0.286. The Morgan fingerprint density at radius 3 is 2.68 bits per heavy atom. The third-order valence-electron chi connectivity index (χ3n) is 5.04. The normalized spacial score (nSPS) is 13.7. The Morgan fingerprint density at radius 2 is 1.93 bits per heavy atom. The van der Waals surface area contributed by atoms with Gasteiger partial charge in [-0.15, -0.1) is 0 Å². The first-order valence-corrected chi connectivity index (χ1v) is 9.30. The molecule has 7 heteroatoms. The van der Waals surface area contributed by atoms with Gasteiger partial charge in [0.25, 0.3) is 5.91 Å². The molecule has 0 aliphatic carbocycles. The summed E-state index contributed by atoms with van der Waals surface area (Å²) in [6, 6.07) is 11.3. The number of H-pyrrole nitrogens is 1. The molecule has 28 heavy (non-hydrogen) atoms. The summed E-state index contributed by atoms with van der Waals surface area (Å²) < 4.78 is 4.76. The van der Waals surface area contributed by atoms with Gasteiger partial charge in [-0.2, -0.15) is 5.10 Å². The van der Waals surface area contributed by atoms with Crippen LogP contribution in [0, 0.1) is 6.92 Å². The van der Waals surface area contributed by atoms with E-state index < -0.39 is 5.97 Å². The van der Waals surface area contributed by atoms with Gasteiger partial charge in [0.2, 0.25) is 0 Å². The number of methoxy groups -OCH3 is 1. The van der Waals surface area contributed by atoms with E-state index in [2.05, 4.69) is 20.4 Å². The van der Waals surface area contributed by atoms with Gasteiger partial charge in [-0.3, -0.25) is 9.89 Å². The SMILES string of the molecule is COC(=O)c1n[nH]c2ccc(NC(=O)c3cc(C)ccc3N3CCCC3)cc12. The number of hydrogen-bond donors (Lipinski definition) is 2. The molecule has 7 nitrogen and oxygen atoms in total. The number of fused-ring (bicyclic) bond motifs is 1. The number of carbonyl (C=O) groups is 2. The first-order chi connectivity index (χ1) is 13.6. The van der Waals surface area contributed by atoms with Crippen LogP contribution >= 0.6 is 0 Å². The molecular weight excluding hydrogens is 356 g/mol. The maximum Gasteiger partial charge on any atom is 0.359 e. The lowest BCUT2D eigenvalue weighted by Crippen LogP contribution is -2.23. The summed E-state index contributed by atoms with van der Waals surface area (Å²) in [4.78, 5) is 27.2. The minimum atomic E-state index is -0.523. The van der Waals surface area contributed by atoms with E-state index >= 15 is 0 Å². The number of amides is 1. The lowest BCUT2D eigenvalue weighted by atomic mass is 10.1. The Morgan fingerprint density at radius 1 is 1.14 bits per heavy atom. The van der Waals surface area contributed by atoms with E-state index in [1.807, 2.05) is 25.1 Å². The molecule has 1 aromatic heterocycles. The Bertz CT molecular complexity index is 1050. The van der Waals surface area contributed by atoms with E-state index in [9.17, 15) is 9.59 Å². The van der Waals surface area contributed by atoms with E-state index in [1.54, 1.807) is 18.2 Å². The Hall–Kier alpha value is -3.35. The lowest BCUT2D eigenvalue weighted by Gasteiger charge is -2.21. The zero-order chi connectivity index (χ0) is 19.7. The number of nitrogens with zero attached hydrogens (tertiary/aromatic N) is 2. The Balaban J connectivity index is 1.65. The molecule has 0 radical (unpaired) electrons. The van der Waals surface area contributed by atoms with E-state index in [-0.39, 0.29) is 11.6 Å². The summed E-state index contributed by atoms with van der Waals surface area (Å²) in [6.45, 7) is 3.91. The van der Waals surface area contributed by atoms with Crippen molar-refractivity contribution in [1.29, 1.82) is 0 Å². The molecule has 0 saturated carbocycles. The first-order valence-electron chi connectivity index (χ1n) is 9.30. The highest BCUT2D eigenvalue weighted by Gasteiger charge is 2.20. The van der Waals surface area contributed by atoms with Crippen molar-refractivity contribution in [2.45, 2.75) is 19.8 Å². The molecule has 1 fully saturated rings. The lowest BCUT2D eigenvalue weighted by molar-refractivity contribution is 0.0596. The molecule has 1 saturated heterocycles. The number of aryl methyl sites for hydroxylation is 1. The van der Waals surface area contributed by atoms with Crippen LogP contribution in [0.1, 0.15) is 39.3 Å². The van der Waals surface area contributed by atoms with Crippen molar-refractivity contribution in [3.8, 4) is 0 Å². The third kappa shape index (κ3) is 3.31. The van der Waals surface area contributed by atoms with Crippen molar-refractivity contribution in [3.63, 3.8) is 0 Å². The second-order valence-electron chi connectivity index (χ2n) is 6.99. The number of aromatic nitrogens is 2. The molecule has 0 atom stereocenters. The van der Waals surface area contributed by atoms with E-state index in [4.69, 9.17) is 4.74 Å². The maximum absolute atomic E-state index is 13.0. The number of aromatic amines is 1. The van der Waals surface area contributed by atoms with Crippen LogP contribution in [-0.4, -0.2) is 42.3 Å². The number of anilines is 2. The number of ether oxygens (including phenoxy) is 1. The fourth-order valence-electron chi connectivity index (χ4n) is 3.61. The summed E-state index contributed by atoms with van der Waals surface area (Å²) >= 11 is 0. The molecule has 1 aliphatic rings. The Labute approximate surface area is 162 Å². The number of nitrogens with one attached hydrogen (secondary N) is 2. The van der Waals surface area contributed by atoms with Crippen molar-refractivity contribution >= 4 is 34.2 Å². The third-order valence-corrected chi connectivity index (χ3v) is 5.04. The summed E-state index contributed by atoms with van der Waals surface area (Å²) in [7, 11) is 1.31. The quantitative estimate of drug-likeness (QED) is 0.679. The number of rotatable bonds is 4. The van der Waals surface area contributed by atoms with Gasteiger partial charge in [-0.1, -0.05) is 11.6 Å². The maximum atomic E-state index is 13.0. The molecule has 144 valence electrons. The smallest absolute Gasteiger partial charge is 0.359 e. The molecule has 1 aliphatic heterocycles. The van der Waals surface area contributed by atoms with Crippen molar-refractivity contribution in [2.75, 3.05) is 30.4 Å². The second kappa shape index (κ2) is 7.34. The topological polar surface area (TPSA) is 87.3 Å². The van der Waals surface area contributed by atoms with Gasteiger partial charge in [0.05, 0.1) is 18.2 Å². The minimum Gasteiger partial charge on any atom is -0.464 e. The standard InChI is InChI=1S/C21H22N4O3/c1-13-5-8-18(25-9-3-4-10-25)16(11-13)20(26)22-14-6-7-17-15(12-14)19(24-23-17)21(27)28-2/h5-8,11-12H,3-4,9-10H2,1-2H3,(H,22,26)(H,23,24). The van der Waals surface area contributed by atoms with Gasteiger partial charge in [-0.25, -0.2) is 4.79 Å². The van der Waals surface area contributed by atoms with Crippen LogP contribution in [0.15, 0.2) is 36.4 Å². The van der Waals surface area contributed by atoms with E-state index in [0.29, 0.717) is 22.2 Å². The van der Waals surface area contributed by atoms with Crippen LogP contribution in [0.3, 0.4) is 0 Å². The van der Waals surface area contributed by atoms with Crippen molar-refractivity contribution in [1.82, 2.24) is 10.2 Å². The van der Waals surface area contributed by atoms with Crippen LogP contribution in [-0.2, 0) is 4.74 Å². The summed E-state index contributed by atoms with van der Waals surface area (Å²) in [5.74, 6) is -0.696. The summed E-state index contributed by atoms with van der Waals surface area (Å²) in [5.41, 5.74) is 4.14. The number of esters is 1. The van der Waals surface area contributed by atoms with Gasteiger partial charge < -0.3 is 15.0 Å². The van der Waals surface area contributed by atoms with Gasteiger partial charge in [-0.05, 0) is 50.1 Å². The molecule has 0 spiro atoms. The van der Waals surface area contributed by atoms with Crippen LogP contribution in [0.2, 0.25) is 0 Å². The predicted octanol–water partition coefficient (Wildman–Crippen LogP) is 3.51. The van der Waals surface area contributed by atoms with E-state index in [0.717, 1.165) is 37.2 Å². The van der Waals surface area contributed by atoms with Crippen molar-refractivity contribution in [3.05, 3.63) is 53.2 Å². The van der Waals surface area contributed by atoms with Gasteiger partial charge in [0.1, 0.15) is 0 Å². The minimum absolute atomic E-state index is 0.173. The van der Waals surface area contributed by atoms with Crippen molar-refractivity contribution < 1.29 is 14.3 Å². The summed E-state index contributed by atoms with van der Waals surface area (Å²) in [5, 5.41) is 10.4. The van der Waals surface area contributed by atoms with Crippen LogP contribution in [0.4, 0.5) is 11.4 Å². The highest BCUT2D eigenvalue weighted by atomic mass is 16.5. The molecule has 1 amide bonds. The highest BCUT2D eigenvalue weighted by molar-refractivity contribution is 6.10. The molecule has 2 aromatic carbocycles. The first kappa shape index (κ1) is 18.0. The van der Waals surface area contributed by atoms with Gasteiger partial charge >= 0.3 is 5.97 Å². The average Bonchev–Trinajstić information content (AvgIpc) is 3.37. The Kier molecular flexibility index (Phi) is 4.73. The zero-order valence-corrected chi connectivity index (χ0v) is 15.9. The predicted molar refractivity (Wildman–Crippen MR) is 108 cm³/mol. The largest absolute Gasteiger partial charge is 0.464 e. The van der Waals surface area contributed by atoms with Crippen LogP contribution in [0.5, 0.6) is 0 Å². The second-order valence-corrected chi connectivity index (χ2v) is 6.99. The van der Waals surface area contributed by atoms with Crippen LogP contribution in [0.25, 0.3) is 10.9 Å². The molecule has 2 N–H and O–H groups in total. The molecule has 0 bridgehead atoms. The molecular formula is C21H22N4O3. The molecule has 4 rings (SSSR count). The van der Waals surface area contributed by atoms with Gasteiger partial charge in [0, 0.05) is 29.9 Å². The zero-order valence-electron chi connectivity index (χ0n) is 15.9. The fourth-order valence-corrected chi connectivity index (χ4v) is 3.61. The molecule has 2 heterocycles. The van der Waals surface area contributed by atoms with Crippen LogP contribution < -0.4 is 10.2 Å². The average molecular weight is 378 g/mol. The highest BCUT2D eigenvalue weighted by Crippen LogP contribution is 2.27. The van der Waals surface area contributed by atoms with Crippen molar-refractivity contribution in [2.24, 2.45) is 0 Å². The molecule has 3 aromatic rings. The summed E-state index contributed by atoms with van der Waals surface area (Å²) in [6.07, 6.45) is 2.28. The monoisotopic (exact) mass is 378 g/mol. The van der Waals surface area contributed by atoms with Gasteiger partial charge in [0.15, 0.2) is 5.69 Å².